The van der Waals surface area contributed by atoms with Gasteiger partial charge < -0.3 is 10.2 Å². The van der Waals surface area contributed by atoms with E-state index in [-0.39, 0.29) is 12.0 Å². The molecule has 2 atom stereocenters. The fourth-order valence-electron chi connectivity index (χ4n) is 3.70. The third-order valence-electron chi connectivity index (χ3n) is 5.61. The molecule has 0 aliphatic carbocycles. The number of carbonyl (C=O) groups excluding carboxylic acids is 1. The largest absolute Gasteiger partial charge is 0.369 e. The van der Waals surface area contributed by atoms with E-state index in [0.29, 0.717) is 12.6 Å². The van der Waals surface area contributed by atoms with Gasteiger partial charge in [0.1, 0.15) is 6.04 Å². The fourth-order valence-corrected chi connectivity index (χ4v) is 3.83. The monoisotopic (exact) mass is 429 g/mol. The van der Waals surface area contributed by atoms with Crippen LogP contribution in [-0.2, 0) is 16.1 Å². The predicted molar refractivity (Wildman–Crippen MR) is 122 cm³/mol. The van der Waals surface area contributed by atoms with Gasteiger partial charge in [0, 0.05) is 37.2 Å². The number of halogens is 1. The van der Waals surface area contributed by atoms with Gasteiger partial charge in [0.15, 0.2) is 0 Å². The second-order valence-corrected chi connectivity index (χ2v) is 8.32. The molecule has 1 unspecified atom stereocenters. The number of nitrogens with one attached hydrogen (secondary N) is 2. The maximum Gasteiger partial charge on any atom is 0.341 e. The Bertz CT molecular complexity index is 795. The van der Waals surface area contributed by atoms with Gasteiger partial charge in [-0.1, -0.05) is 54.9 Å². The molecule has 30 heavy (non-hydrogen) atoms. The molecular formula is C24H32ClN3O2. The van der Waals surface area contributed by atoms with Crippen molar-refractivity contribution in [2.24, 2.45) is 0 Å². The Labute approximate surface area is 184 Å². The molecular weight excluding hydrogens is 398 g/mol. The molecule has 3 rings (SSSR count). The highest BCUT2D eigenvalue weighted by atomic mass is 35.5. The van der Waals surface area contributed by atoms with Crippen LogP contribution in [0.1, 0.15) is 32.3 Å². The number of hydroxylamine groups is 1. The van der Waals surface area contributed by atoms with Gasteiger partial charge >= 0.3 is 5.97 Å². The number of hydrogen-bond donors (Lipinski definition) is 2. The van der Waals surface area contributed by atoms with Crippen LogP contribution in [0.15, 0.2) is 48.5 Å². The summed E-state index contributed by atoms with van der Waals surface area (Å²) in [5.41, 5.74) is 6.42. The first-order chi connectivity index (χ1) is 14.6. The Kier molecular flexibility index (Phi) is 8.70. The van der Waals surface area contributed by atoms with Crippen molar-refractivity contribution in [3.63, 3.8) is 0 Å². The number of benzene rings is 2. The molecule has 6 heteroatoms. The average Bonchev–Trinajstić information content (AvgIpc) is 2.78. The summed E-state index contributed by atoms with van der Waals surface area (Å²) in [6.45, 7) is 7.24. The van der Waals surface area contributed by atoms with Crippen LogP contribution in [0.2, 0.25) is 5.02 Å². The van der Waals surface area contributed by atoms with E-state index in [2.05, 4.69) is 40.0 Å². The van der Waals surface area contributed by atoms with Gasteiger partial charge in [0.05, 0.1) is 0 Å². The van der Waals surface area contributed by atoms with Crippen LogP contribution < -0.4 is 10.8 Å². The number of piperazine rings is 1. The van der Waals surface area contributed by atoms with Gasteiger partial charge in [-0.25, -0.2) is 4.79 Å². The number of hydrogen-bond acceptors (Lipinski definition) is 5. The van der Waals surface area contributed by atoms with Crippen molar-refractivity contribution in [1.29, 1.82) is 0 Å². The zero-order valence-electron chi connectivity index (χ0n) is 17.9. The molecule has 0 spiro atoms. The smallest absolute Gasteiger partial charge is 0.341 e. The average molecular weight is 430 g/mol. The van der Waals surface area contributed by atoms with Gasteiger partial charge in [0.25, 0.3) is 0 Å². The van der Waals surface area contributed by atoms with Crippen LogP contribution in [0.5, 0.6) is 0 Å². The van der Waals surface area contributed by atoms with Gasteiger partial charge in [-0.15, -0.1) is 0 Å². The van der Waals surface area contributed by atoms with E-state index in [1.54, 1.807) is 0 Å². The topological polar surface area (TPSA) is 53.6 Å². The second kappa shape index (κ2) is 11.5. The van der Waals surface area contributed by atoms with Crippen LogP contribution in [0, 0.1) is 0 Å². The standard InChI is InChI=1S/C24H32ClN3O2/c1-3-14-27-30-24(29)18(2)28-16-15-26-23(17-28)13-6-19-4-7-20(8-5-19)21-9-11-22(25)12-10-21/h4-5,7-12,18,23,26-27H,3,6,13-17H2,1-2H3/t18-,23?/m1/s1. The molecule has 1 heterocycles. The molecule has 2 aromatic rings. The molecule has 1 aliphatic heterocycles. The minimum Gasteiger partial charge on any atom is -0.369 e. The number of aryl methyl sites for hydroxylation is 1. The van der Waals surface area contributed by atoms with E-state index in [4.69, 9.17) is 16.4 Å². The van der Waals surface area contributed by atoms with E-state index in [9.17, 15) is 4.79 Å². The predicted octanol–water partition coefficient (Wildman–Crippen LogP) is 4.06. The molecule has 0 aromatic heterocycles. The second-order valence-electron chi connectivity index (χ2n) is 7.88. The minimum atomic E-state index is -0.238. The highest BCUT2D eigenvalue weighted by molar-refractivity contribution is 6.30. The Balaban J connectivity index is 1.48. The first-order valence-electron chi connectivity index (χ1n) is 10.8. The number of carbonyl (C=O) groups is 1. The Morgan fingerprint density at radius 1 is 1.20 bits per heavy atom. The minimum absolute atomic E-state index is 0.207. The SMILES string of the molecule is CCCNOC(=O)[C@@H](C)N1CCNC(CCc2ccc(-c3ccc(Cl)cc3)cc2)C1. The van der Waals surface area contributed by atoms with Crippen molar-refractivity contribution in [2.75, 3.05) is 26.2 Å². The molecule has 2 N–H and O–H groups in total. The summed E-state index contributed by atoms with van der Waals surface area (Å²) in [6, 6.07) is 16.8. The summed E-state index contributed by atoms with van der Waals surface area (Å²) < 4.78 is 0. The van der Waals surface area contributed by atoms with Crippen LogP contribution in [-0.4, -0.2) is 49.1 Å². The summed E-state index contributed by atoms with van der Waals surface area (Å²) in [5, 5.41) is 4.34. The van der Waals surface area contributed by atoms with Crippen molar-refractivity contribution in [3.8, 4) is 11.1 Å². The normalized spacial score (nSPS) is 18.2. The lowest BCUT2D eigenvalue weighted by Crippen LogP contribution is -2.55. The summed E-state index contributed by atoms with van der Waals surface area (Å²) in [6.07, 6.45) is 2.97. The molecule has 0 amide bonds. The van der Waals surface area contributed by atoms with E-state index < -0.39 is 0 Å². The zero-order chi connectivity index (χ0) is 21.3. The van der Waals surface area contributed by atoms with Crippen molar-refractivity contribution in [3.05, 3.63) is 59.1 Å². The van der Waals surface area contributed by atoms with Crippen LogP contribution >= 0.6 is 11.6 Å². The summed E-state index contributed by atoms with van der Waals surface area (Å²) >= 11 is 5.98. The maximum atomic E-state index is 12.2. The van der Waals surface area contributed by atoms with Crippen molar-refractivity contribution < 1.29 is 9.63 Å². The van der Waals surface area contributed by atoms with E-state index in [0.717, 1.165) is 43.9 Å². The molecule has 1 fully saturated rings. The molecule has 5 nitrogen and oxygen atoms in total. The summed E-state index contributed by atoms with van der Waals surface area (Å²) in [7, 11) is 0. The lowest BCUT2D eigenvalue weighted by Gasteiger charge is -2.36. The third kappa shape index (κ3) is 6.54. The van der Waals surface area contributed by atoms with Crippen LogP contribution in [0.4, 0.5) is 0 Å². The van der Waals surface area contributed by atoms with E-state index in [1.807, 2.05) is 38.1 Å². The first kappa shape index (κ1) is 22.8. The highest BCUT2D eigenvalue weighted by Gasteiger charge is 2.28. The van der Waals surface area contributed by atoms with Gasteiger partial charge in [-0.3, -0.25) is 4.90 Å². The molecule has 1 aliphatic rings. The first-order valence-corrected chi connectivity index (χ1v) is 11.2. The lowest BCUT2D eigenvalue weighted by molar-refractivity contribution is -0.157. The summed E-state index contributed by atoms with van der Waals surface area (Å²) in [5.74, 6) is -0.207. The molecule has 0 bridgehead atoms. The number of nitrogens with zero attached hydrogens (tertiary/aromatic N) is 1. The lowest BCUT2D eigenvalue weighted by atomic mass is 9.99. The fraction of sp³-hybridized carbons (Fsp3) is 0.458. The van der Waals surface area contributed by atoms with Gasteiger partial charge in [0.2, 0.25) is 0 Å². The molecule has 0 radical (unpaired) electrons. The van der Waals surface area contributed by atoms with Crippen molar-refractivity contribution in [1.82, 2.24) is 15.7 Å². The van der Waals surface area contributed by atoms with Gasteiger partial charge in [-0.05, 0) is 55.0 Å². The molecule has 1 saturated heterocycles. The third-order valence-corrected chi connectivity index (χ3v) is 5.87. The Morgan fingerprint density at radius 3 is 2.53 bits per heavy atom. The highest BCUT2D eigenvalue weighted by Crippen LogP contribution is 2.22. The van der Waals surface area contributed by atoms with Crippen molar-refractivity contribution >= 4 is 17.6 Å². The van der Waals surface area contributed by atoms with Crippen LogP contribution in [0.25, 0.3) is 11.1 Å². The number of rotatable bonds is 9. The van der Waals surface area contributed by atoms with Crippen LogP contribution in [0.3, 0.4) is 0 Å². The Hall–Kier alpha value is -1.92. The van der Waals surface area contributed by atoms with E-state index >= 15 is 0 Å². The molecule has 2 aromatic carbocycles. The van der Waals surface area contributed by atoms with Crippen molar-refractivity contribution in [2.45, 2.75) is 45.2 Å². The van der Waals surface area contributed by atoms with Gasteiger partial charge in [-0.2, -0.15) is 5.48 Å². The molecule has 162 valence electrons. The quantitative estimate of drug-likeness (QED) is 0.465. The maximum absolute atomic E-state index is 12.2. The molecule has 0 saturated carbocycles. The zero-order valence-corrected chi connectivity index (χ0v) is 18.6. The Morgan fingerprint density at radius 2 is 1.87 bits per heavy atom. The summed E-state index contributed by atoms with van der Waals surface area (Å²) in [4.78, 5) is 19.6. The van der Waals surface area contributed by atoms with E-state index in [1.165, 1.54) is 16.7 Å².